The molecular formula is C24H25FN2O4. The van der Waals surface area contributed by atoms with Crippen LogP contribution in [0.4, 0.5) is 15.8 Å². The molecule has 1 N–H and O–H groups in total. The largest absolute Gasteiger partial charge is 0.455 e. The molecule has 2 aromatic rings. The highest BCUT2D eigenvalue weighted by Gasteiger charge is 2.46. The molecule has 0 bridgehead atoms. The molecule has 1 aliphatic carbocycles. The highest BCUT2D eigenvalue weighted by Crippen LogP contribution is 2.43. The predicted octanol–water partition coefficient (Wildman–Crippen LogP) is 3.94. The summed E-state index contributed by atoms with van der Waals surface area (Å²) in [5, 5.41) is 2.80. The topological polar surface area (TPSA) is 75.7 Å². The highest BCUT2D eigenvalue weighted by atomic mass is 19.1. The number of hydrogen-bond acceptors (Lipinski definition) is 4. The van der Waals surface area contributed by atoms with Crippen molar-refractivity contribution in [2.75, 3.05) is 16.8 Å². The number of halogens is 1. The predicted molar refractivity (Wildman–Crippen MR) is 114 cm³/mol. The third kappa shape index (κ3) is 3.92. The fourth-order valence-corrected chi connectivity index (χ4v) is 4.71. The first-order valence-electron chi connectivity index (χ1n) is 10.6. The van der Waals surface area contributed by atoms with Crippen LogP contribution < -0.4 is 10.2 Å². The van der Waals surface area contributed by atoms with Crippen LogP contribution in [0.3, 0.4) is 0 Å². The van der Waals surface area contributed by atoms with Gasteiger partial charge in [0, 0.05) is 18.0 Å². The number of rotatable bonds is 4. The maximum Gasteiger partial charge on any atom is 0.317 e. The summed E-state index contributed by atoms with van der Waals surface area (Å²) >= 11 is 0. The monoisotopic (exact) mass is 424 g/mol. The fourth-order valence-electron chi connectivity index (χ4n) is 4.71. The molecule has 1 heterocycles. The lowest BCUT2D eigenvalue weighted by molar-refractivity contribution is -0.154. The van der Waals surface area contributed by atoms with E-state index in [1.165, 1.54) is 11.0 Å². The van der Waals surface area contributed by atoms with Gasteiger partial charge in [-0.1, -0.05) is 43.2 Å². The average molecular weight is 424 g/mol. The van der Waals surface area contributed by atoms with E-state index < -0.39 is 35.8 Å². The van der Waals surface area contributed by atoms with Crippen molar-refractivity contribution in [3.8, 4) is 0 Å². The molecular weight excluding hydrogens is 399 g/mol. The number of carbonyl (C=O) groups is 3. The number of hydrogen-bond donors (Lipinski definition) is 1. The Balaban J connectivity index is 1.55. The van der Waals surface area contributed by atoms with Gasteiger partial charge in [0.05, 0.1) is 16.8 Å². The van der Waals surface area contributed by atoms with E-state index in [1.54, 1.807) is 49.4 Å². The van der Waals surface area contributed by atoms with Gasteiger partial charge in [0.25, 0.3) is 5.91 Å². The van der Waals surface area contributed by atoms with Crippen LogP contribution in [0.2, 0.25) is 0 Å². The van der Waals surface area contributed by atoms with Gasteiger partial charge >= 0.3 is 5.97 Å². The molecule has 1 fully saturated rings. The quantitative estimate of drug-likeness (QED) is 0.755. The number of nitrogens with zero attached hydrogens (tertiary/aromatic N) is 1. The molecule has 162 valence electrons. The summed E-state index contributed by atoms with van der Waals surface area (Å²) in [5.74, 6) is -1.62. The summed E-state index contributed by atoms with van der Waals surface area (Å²) in [6, 6.07) is 12.9. The first kappa shape index (κ1) is 21.0. The Kier molecular flexibility index (Phi) is 5.76. The zero-order valence-electron chi connectivity index (χ0n) is 17.4. The minimum atomic E-state index is -1.06. The Bertz CT molecular complexity index is 1020. The Morgan fingerprint density at radius 3 is 2.55 bits per heavy atom. The lowest BCUT2D eigenvalue weighted by atomic mass is 9.78. The van der Waals surface area contributed by atoms with Crippen LogP contribution in [0.5, 0.6) is 0 Å². The normalized spacial score (nSPS) is 19.9. The Labute approximate surface area is 180 Å². The number of carbonyl (C=O) groups excluding carboxylic acids is 3. The average Bonchev–Trinajstić information content (AvgIpc) is 3.20. The number of fused-ring (bicyclic) bond motifs is 1. The molecule has 2 amide bonds. The van der Waals surface area contributed by atoms with Crippen LogP contribution in [0.25, 0.3) is 0 Å². The summed E-state index contributed by atoms with van der Waals surface area (Å²) < 4.78 is 20.0. The molecule has 31 heavy (non-hydrogen) atoms. The van der Waals surface area contributed by atoms with Gasteiger partial charge in [0.2, 0.25) is 5.91 Å². The van der Waals surface area contributed by atoms with E-state index in [0.29, 0.717) is 29.8 Å². The van der Waals surface area contributed by atoms with E-state index in [2.05, 4.69) is 5.32 Å². The standard InChI is InChI=1S/C24H25FN2O4/c1-16-14-21(28)26-19-10-4-5-11-20(19)27(16)22(29)15-31-23(30)24(12-6-7-13-24)17-8-2-3-9-18(17)25/h2-5,8-11,16H,6-7,12-15H2,1H3,(H,26,28). The summed E-state index contributed by atoms with van der Waals surface area (Å²) in [4.78, 5) is 39.8. The minimum Gasteiger partial charge on any atom is -0.455 e. The van der Waals surface area contributed by atoms with E-state index in [0.717, 1.165) is 12.8 Å². The number of ether oxygens (including phenoxy) is 1. The number of para-hydroxylation sites is 2. The lowest BCUT2D eigenvalue weighted by Crippen LogP contribution is -2.43. The van der Waals surface area contributed by atoms with Crippen molar-refractivity contribution >= 4 is 29.2 Å². The molecule has 0 radical (unpaired) electrons. The molecule has 0 spiro atoms. The van der Waals surface area contributed by atoms with E-state index in [9.17, 15) is 18.8 Å². The van der Waals surface area contributed by atoms with Gasteiger partial charge in [0.1, 0.15) is 5.82 Å². The van der Waals surface area contributed by atoms with Gasteiger partial charge < -0.3 is 15.0 Å². The molecule has 6 nitrogen and oxygen atoms in total. The van der Waals surface area contributed by atoms with Crippen molar-refractivity contribution < 1.29 is 23.5 Å². The first-order chi connectivity index (χ1) is 14.9. The number of esters is 1. The summed E-state index contributed by atoms with van der Waals surface area (Å²) in [6.45, 7) is 1.31. The minimum absolute atomic E-state index is 0.132. The number of amides is 2. The molecule has 2 aliphatic rings. The van der Waals surface area contributed by atoms with Crippen LogP contribution in [0.15, 0.2) is 48.5 Å². The molecule has 1 atom stereocenters. The summed E-state index contributed by atoms with van der Waals surface area (Å²) in [5.41, 5.74) is 0.362. The van der Waals surface area contributed by atoms with Crippen LogP contribution in [0, 0.1) is 5.82 Å². The van der Waals surface area contributed by atoms with Crippen molar-refractivity contribution in [1.29, 1.82) is 0 Å². The maximum atomic E-state index is 14.5. The third-order valence-corrected chi connectivity index (χ3v) is 6.19. The van der Waals surface area contributed by atoms with Crippen molar-refractivity contribution in [3.63, 3.8) is 0 Å². The molecule has 0 aromatic heterocycles. The lowest BCUT2D eigenvalue weighted by Gasteiger charge is -2.30. The van der Waals surface area contributed by atoms with E-state index in [4.69, 9.17) is 4.74 Å². The molecule has 0 saturated heterocycles. The van der Waals surface area contributed by atoms with Gasteiger partial charge in [-0.2, -0.15) is 0 Å². The number of nitrogens with one attached hydrogen (secondary N) is 1. The van der Waals surface area contributed by atoms with Crippen molar-refractivity contribution in [2.24, 2.45) is 0 Å². The second-order valence-electron chi connectivity index (χ2n) is 8.23. The fraction of sp³-hybridized carbons (Fsp3) is 0.375. The Morgan fingerprint density at radius 1 is 1.13 bits per heavy atom. The summed E-state index contributed by atoms with van der Waals surface area (Å²) in [7, 11) is 0. The molecule has 7 heteroatoms. The van der Waals surface area contributed by atoms with Crippen molar-refractivity contribution in [2.45, 2.75) is 50.5 Å². The van der Waals surface area contributed by atoms with Crippen LogP contribution in [0.1, 0.15) is 44.6 Å². The van der Waals surface area contributed by atoms with E-state index in [-0.39, 0.29) is 12.3 Å². The third-order valence-electron chi connectivity index (χ3n) is 6.19. The zero-order valence-corrected chi connectivity index (χ0v) is 17.4. The summed E-state index contributed by atoms with van der Waals surface area (Å²) in [6.07, 6.45) is 2.70. The first-order valence-corrected chi connectivity index (χ1v) is 10.6. The van der Waals surface area contributed by atoms with Crippen LogP contribution in [-0.4, -0.2) is 30.4 Å². The van der Waals surface area contributed by atoms with Gasteiger partial charge in [-0.05, 0) is 38.0 Å². The van der Waals surface area contributed by atoms with Gasteiger partial charge in [-0.25, -0.2) is 4.39 Å². The molecule has 2 aromatic carbocycles. The van der Waals surface area contributed by atoms with Gasteiger partial charge in [-0.15, -0.1) is 0 Å². The molecule has 4 rings (SSSR count). The van der Waals surface area contributed by atoms with E-state index in [1.807, 2.05) is 0 Å². The van der Waals surface area contributed by atoms with Crippen molar-refractivity contribution in [3.05, 3.63) is 59.9 Å². The highest BCUT2D eigenvalue weighted by molar-refractivity contribution is 6.05. The van der Waals surface area contributed by atoms with Gasteiger partial charge in [-0.3, -0.25) is 14.4 Å². The van der Waals surface area contributed by atoms with Crippen molar-refractivity contribution in [1.82, 2.24) is 0 Å². The Hall–Kier alpha value is -3.22. The Morgan fingerprint density at radius 2 is 1.81 bits per heavy atom. The van der Waals surface area contributed by atoms with Crippen LogP contribution >= 0.6 is 0 Å². The van der Waals surface area contributed by atoms with Gasteiger partial charge in [0.15, 0.2) is 6.61 Å². The zero-order chi connectivity index (χ0) is 22.0. The molecule has 1 unspecified atom stereocenters. The second-order valence-corrected chi connectivity index (χ2v) is 8.23. The van der Waals surface area contributed by atoms with E-state index >= 15 is 0 Å². The molecule has 1 aliphatic heterocycles. The SMILES string of the molecule is CC1CC(=O)Nc2ccccc2N1C(=O)COC(=O)C1(c2ccccc2F)CCCC1. The molecule has 1 saturated carbocycles. The smallest absolute Gasteiger partial charge is 0.317 e. The second kappa shape index (κ2) is 8.49. The number of anilines is 2. The maximum absolute atomic E-state index is 14.5. The van der Waals surface area contributed by atoms with Crippen LogP contribution in [-0.2, 0) is 24.5 Å². The number of benzene rings is 2.